The summed E-state index contributed by atoms with van der Waals surface area (Å²) in [5.41, 5.74) is 9.81. The van der Waals surface area contributed by atoms with Crippen LogP contribution in [0, 0.1) is 0 Å². The molecule has 0 bridgehead atoms. The highest BCUT2D eigenvalue weighted by Gasteiger charge is 1.90. The van der Waals surface area contributed by atoms with E-state index in [0.717, 1.165) is 0 Å². The van der Waals surface area contributed by atoms with Crippen molar-refractivity contribution in [2.45, 2.75) is 0 Å². The van der Waals surface area contributed by atoms with Crippen LogP contribution in [0.3, 0.4) is 0 Å². The third-order valence-corrected chi connectivity index (χ3v) is 1.05. The number of hydrogen-bond donors (Lipinski definition) is 4. The summed E-state index contributed by atoms with van der Waals surface area (Å²) in [4.78, 5) is 0. The Balaban J connectivity index is 0. The van der Waals surface area contributed by atoms with Gasteiger partial charge in [0.2, 0.25) is 0 Å². The van der Waals surface area contributed by atoms with Crippen LogP contribution in [0.1, 0.15) is 0 Å². The first-order valence-corrected chi connectivity index (χ1v) is 3.59. The average molecular weight is 188 g/mol. The number of phenols is 2. The summed E-state index contributed by atoms with van der Waals surface area (Å²) < 4.78 is 0. The lowest BCUT2D eigenvalue weighted by Crippen LogP contribution is -2.11. The Labute approximate surface area is 76.9 Å². The molecule has 5 nitrogen and oxygen atoms in total. The van der Waals surface area contributed by atoms with Gasteiger partial charge in [-0.25, -0.2) is 0 Å². The van der Waals surface area contributed by atoms with E-state index in [1.165, 1.54) is 12.1 Å². The maximum Gasteiger partial charge on any atom is 0.157 e. The van der Waals surface area contributed by atoms with Gasteiger partial charge in [-0.05, 0) is 12.1 Å². The van der Waals surface area contributed by atoms with Gasteiger partial charge in [0.25, 0.3) is 0 Å². The quantitative estimate of drug-likeness (QED) is 0.429. The monoisotopic (exact) mass is 188 g/mol. The zero-order chi connectivity index (χ0) is 9.40. The molecule has 1 aromatic carbocycles. The predicted molar refractivity (Wildman–Crippen MR) is 51.5 cm³/mol. The van der Waals surface area contributed by atoms with E-state index in [-0.39, 0.29) is 17.0 Å². The van der Waals surface area contributed by atoms with E-state index in [1.807, 2.05) is 0 Å². The number of aromatic hydroxyl groups is 2. The van der Waals surface area contributed by atoms with E-state index >= 15 is 0 Å². The molecule has 0 unspecified atom stereocenters. The van der Waals surface area contributed by atoms with Crippen molar-refractivity contribution in [3.63, 3.8) is 0 Å². The number of rotatable bonds is 1. The lowest BCUT2D eigenvalue weighted by atomic mass is 10.3. The van der Waals surface area contributed by atoms with Crippen LogP contribution in [0.15, 0.2) is 24.3 Å². The van der Waals surface area contributed by atoms with Crippen molar-refractivity contribution in [2.24, 2.45) is 11.5 Å². The summed E-state index contributed by atoms with van der Waals surface area (Å²) in [5, 5.41) is 17.3. The molecule has 76 valence electrons. The molecule has 0 spiro atoms. The second kappa shape index (κ2) is 8.79. The molecule has 1 rings (SSSR count). The highest BCUT2D eigenvalue weighted by atomic mass is 16.3. The van der Waals surface area contributed by atoms with E-state index < -0.39 is 0 Å². The molecule has 0 atom stereocenters. The molecule has 0 aromatic heterocycles. The summed E-state index contributed by atoms with van der Waals surface area (Å²) in [6, 6.07) is 6.15. The average Bonchev–Trinajstić information content (AvgIpc) is 2.11. The fourth-order valence-electron chi connectivity index (χ4n) is 0.464. The Morgan fingerprint density at radius 1 is 0.923 bits per heavy atom. The second-order valence-corrected chi connectivity index (χ2v) is 2.07. The predicted octanol–water partition coefficient (Wildman–Crippen LogP) is -0.823. The third-order valence-electron chi connectivity index (χ3n) is 1.05. The molecular weight excluding hydrogens is 172 g/mol. The van der Waals surface area contributed by atoms with Crippen molar-refractivity contribution in [3.8, 4) is 11.5 Å². The lowest BCUT2D eigenvalue weighted by molar-refractivity contribution is 0.404. The van der Waals surface area contributed by atoms with Crippen LogP contribution in [0.2, 0.25) is 0 Å². The van der Waals surface area contributed by atoms with Crippen molar-refractivity contribution >= 4 is 0 Å². The van der Waals surface area contributed by atoms with E-state index in [0.29, 0.717) is 13.1 Å². The third kappa shape index (κ3) is 7.07. The molecule has 0 saturated heterocycles. The summed E-state index contributed by atoms with van der Waals surface area (Å²) >= 11 is 0. The SMILES string of the molecule is NCCN.O.Oc1ccccc1O. The summed E-state index contributed by atoms with van der Waals surface area (Å²) in [6.07, 6.45) is 0. The van der Waals surface area contributed by atoms with Crippen LogP contribution in [0.4, 0.5) is 0 Å². The van der Waals surface area contributed by atoms with Gasteiger partial charge in [0.1, 0.15) is 0 Å². The highest BCUT2D eigenvalue weighted by Crippen LogP contribution is 2.21. The topological polar surface area (TPSA) is 124 Å². The summed E-state index contributed by atoms with van der Waals surface area (Å²) in [6.45, 7) is 1.19. The molecule has 0 aliphatic carbocycles. The molecule has 0 aliphatic rings. The van der Waals surface area contributed by atoms with Gasteiger partial charge < -0.3 is 27.2 Å². The van der Waals surface area contributed by atoms with Crippen molar-refractivity contribution in [2.75, 3.05) is 13.1 Å². The lowest BCUT2D eigenvalue weighted by Gasteiger charge is -1.91. The van der Waals surface area contributed by atoms with E-state index in [9.17, 15) is 0 Å². The minimum Gasteiger partial charge on any atom is -0.504 e. The molecule has 13 heavy (non-hydrogen) atoms. The van der Waals surface area contributed by atoms with Crippen molar-refractivity contribution in [1.29, 1.82) is 0 Å². The first kappa shape index (κ1) is 14.2. The minimum atomic E-state index is -0.0764. The van der Waals surface area contributed by atoms with Crippen LogP contribution in [-0.4, -0.2) is 28.8 Å². The van der Waals surface area contributed by atoms with Gasteiger partial charge in [-0.2, -0.15) is 0 Å². The molecular formula is C8H16N2O3. The van der Waals surface area contributed by atoms with E-state index in [4.69, 9.17) is 21.7 Å². The first-order chi connectivity index (χ1) is 5.72. The molecule has 0 heterocycles. The van der Waals surface area contributed by atoms with E-state index in [2.05, 4.69) is 0 Å². The number of para-hydroxylation sites is 2. The van der Waals surface area contributed by atoms with Gasteiger partial charge in [0.15, 0.2) is 11.5 Å². The van der Waals surface area contributed by atoms with Gasteiger partial charge in [0, 0.05) is 13.1 Å². The fraction of sp³-hybridized carbons (Fsp3) is 0.250. The molecule has 5 heteroatoms. The Bertz CT molecular complexity index is 195. The van der Waals surface area contributed by atoms with Crippen LogP contribution in [-0.2, 0) is 0 Å². The molecule has 0 fully saturated rings. The van der Waals surface area contributed by atoms with Crippen LogP contribution < -0.4 is 11.5 Å². The number of benzene rings is 1. The maximum absolute atomic E-state index is 8.67. The van der Waals surface area contributed by atoms with Crippen molar-refractivity contribution in [3.05, 3.63) is 24.3 Å². The van der Waals surface area contributed by atoms with Crippen LogP contribution in [0.5, 0.6) is 11.5 Å². The molecule has 0 aliphatic heterocycles. The minimum absolute atomic E-state index is 0. The molecule has 1 aromatic rings. The number of hydrogen-bond acceptors (Lipinski definition) is 4. The highest BCUT2D eigenvalue weighted by molar-refractivity contribution is 5.36. The molecule has 0 amide bonds. The van der Waals surface area contributed by atoms with E-state index in [1.54, 1.807) is 12.1 Å². The van der Waals surface area contributed by atoms with Crippen molar-refractivity contribution in [1.82, 2.24) is 0 Å². The Morgan fingerprint density at radius 2 is 1.23 bits per heavy atom. The van der Waals surface area contributed by atoms with Crippen LogP contribution >= 0.6 is 0 Å². The number of phenolic OH excluding ortho intramolecular Hbond substituents is 2. The fourth-order valence-corrected chi connectivity index (χ4v) is 0.464. The largest absolute Gasteiger partial charge is 0.504 e. The van der Waals surface area contributed by atoms with Gasteiger partial charge >= 0.3 is 0 Å². The smallest absolute Gasteiger partial charge is 0.157 e. The Morgan fingerprint density at radius 3 is 1.38 bits per heavy atom. The molecule has 0 radical (unpaired) electrons. The van der Waals surface area contributed by atoms with Gasteiger partial charge in [-0.1, -0.05) is 12.1 Å². The summed E-state index contributed by atoms with van der Waals surface area (Å²) in [7, 11) is 0. The van der Waals surface area contributed by atoms with Crippen LogP contribution in [0.25, 0.3) is 0 Å². The number of nitrogens with two attached hydrogens (primary N) is 2. The van der Waals surface area contributed by atoms with Gasteiger partial charge in [-0.3, -0.25) is 0 Å². The Hall–Kier alpha value is -1.30. The maximum atomic E-state index is 8.67. The van der Waals surface area contributed by atoms with Gasteiger partial charge in [-0.15, -0.1) is 0 Å². The molecule has 8 N–H and O–H groups in total. The Kier molecular flexibility index (Phi) is 9.63. The second-order valence-electron chi connectivity index (χ2n) is 2.07. The molecule has 0 saturated carbocycles. The first-order valence-electron chi connectivity index (χ1n) is 3.59. The zero-order valence-electron chi connectivity index (χ0n) is 7.27. The summed E-state index contributed by atoms with van der Waals surface area (Å²) in [5.74, 6) is -0.153. The normalized spacial score (nSPS) is 7.85. The van der Waals surface area contributed by atoms with Gasteiger partial charge in [0.05, 0.1) is 0 Å². The zero-order valence-corrected chi connectivity index (χ0v) is 7.27. The standard InChI is InChI=1S/C6H6O2.C2H8N2.H2O/c7-5-3-1-2-4-6(5)8;3-1-2-4;/h1-4,7-8H;1-4H2;1H2. The van der Waals surface area contributed by atoms with Crippen molar-refractivity contribution < 1.29 is 15.7 Å².